The Morgan fingerprint density at radius 1 is 0.750 bits per heavy atom. The molecule has 0 saturated carbocycles. The summed E-state index contributed by atoms with van der Waals surface area (Å²) in [6.07, 6.45) is 0. The van der Waals surface area contributed by atoms with Crippen LogP contribution < -0.4 is 4.72 Å². The van der Waals surface area contributed by atoms with Crippen molar-refractivity contribution in [1.82, 2.24) is 9.21 Å². The van der Waals surface area contributed by atoms with Crippen LogP contribution in [0.1, 0.15) is 27.0 Å². The summed E-state index contributed by atoms with van der Waals surface area (Å²) in [7, 11) is -7.56. The SMILES string of the molecule is Cc1ccc(NS(=O)(=O)c2cc(C(=O)N3CCN(S(=O)(=O)c4ccc(C)cc4)CC3)ccc2C)cc1. The highest BCUT2D eigenvalue weighted by Gasteiger charge is 2.31. The summed E-state index contributed by atoms with van der Waals surface area (Å²) in [5.74, 6) is -0.339. The number of rotatable bonds is 6. The van der Waals surface area contributed by atoms with Crippen molar-refractivity contribution in [3.05, 3.63) is 89.0 Å². The van der Waals surface area contributed by atoms with E-state index in [1.807, 2.05) is 26.0 Å². The number of benzene rings is 3. The van der Waals surface area contributed by atoms with Gasteiger partial charge in [-0.2, -0.15) is 4.31 Å². The van der Waals surface area contributed by atoms with Crippen molar-refractivity contribution in [2.24, 2.45) is 0 Å². The van der Waals surface area contributed by atoms with Crippen LogP contribution in [0.15, 0.2) is 76.5 Å². The highest BCUT2D eigenvalue weighted by atomic mass is 32.2. The van der Waals surface area contributed by atoms with Gasteiger partial charge in [0.15, 0.2) is 0 Å². The summed E-state index contributed by atoms with van der Waals surface area (Å²) in [5.41, 5.74) is 3.16. The lowest BCUT2D eigenvalue weighted by atomic mass is 10.1. The minimum Gasteiger partial charge on any atom is -0.336 e. The summed E-state index contributed by atoms with van der Waals surface area (Å²) in [5, 5.41) is 0. The van der Waals surface area contributed by atoms with Crippen LogP contribution in [-0.4, -0.2) is 58.1 Å². The summed E-state index contributed by atoms with van der Waals surface area (Å²) in [6.45, 7) is 6.22. The number of sulfonamides is 2. The van der Waals surface area contributed by atoms with Gasteiger partial charge in [0.1, 0.15) is 0 Å². The zero-order valence-corrected chi connectivity index (χ0v) is 22.1. The first-order chi connectivity index (χ1) is 17.0. The molecule has 0 radical (unpaired) electrons. The molecular formula is C26H29N3O5S2. The Bertz CT molecular complexity index is 1480. The second-order valence-electron chi connectivity index (χ2n) is 8.96. The molecule has 3 aromatic carbocycles. The summed E-state index contributed by atoms with van der Waals surface area (Å²) >= 11 is 0. The molecule has 0 aliphatic carbocycles. The Morgan fingerprint density at radius 3 is 1.89 bits per heavy atom. The monoisotopic (exact) mass is 527 g/mol. The van der Waals surface area contributed by atoms with Crippen LogP contribution in [0, 0.1) is 20.8 Å². The molecule has 0 atom stereocenters. The first-order valence-corrected chi connectivity index (χ1v) is 14.5. The van der Waals surface area contributed by atoms with Crippen molar-refractivity contribution >= 4 is 31.6 Å². The van der Waals surface area contributed by atoms with E-state index in [0.29, 0.717) is 11.3 Å². The van der Waals surface area contributed by atoms with Gasteiger partial charge in [-0.25, -0.2) is 16.8 Å². The van der Waals surface area contributed by atoms with E-state index in [4.69, 9.17) is 0 Å². The fourth-order valence-corrected chi connectivity index (χ4v) is 6.78. The van der Waals surface area contributed by atoms with Crippen LogP contribution in [0.5, 0.6) is 0 Å². The number of anilines is 1. The lowest BCUT2D eigenvalue weighted by Crippen LogP contribution is -2.50. The average Bonchev–Trinajstić information content (AvgIpc) is 2.85. The van der Waals surface area contributed by atoms with Crippen molar-refractivity contribution in [3.8, 4) is 0 Å². The molecule has 1 heterocycles. The molecule has 8 nitrogen and oxygen atoms in total. The minimum absolute atomic E-state index is 0.0227. The van der Waals surface area contributed by atoms with E-state index in [-0.39, 0.29) is 47.4 Å². The van der Waals surface area contributed by atoms with E-state index in [9.17, 15) is 21.6 Å². The van der Waals surface area contributed by atoms with Gasteiger partial charge >= 0.3 is 0 Å². The van der Waals surface area contributed by atoms with Crippen molar-refractivity contribution in [2.45, 2.75) is 30.6 Å². The van der Waals surface area contributed by atoms with Gasteiger partial charge in [0, 0.05) is 37.4 Å². The van der Waals surface area contributed by atoms with Crippen molar-refractivity contribution < 1.29 is 21.6 Å². The highest BCUT2D eigenvalue weighted by molar-refractivity contribution is 7.92. The molecule has 190 valence electrons. The molecular weight excluding hydrogens is 498 g/mol. The summed E-state index contributed by atoms with van der Waals surface area (Å²) in [6, 6.07) is 18.2. The molecule has 0 bridgehead atoms. The molecule has 1 N–H and O–H groups in total. The first kappa shape index (κ1) is 25.9. The molecule has 36 heavy (non-hydrogen) atoms. The van der Waals surface area contributed by atoms with Crippen LogP contribution in [0.3, 0.4) is 0 Å². The molecule has 10 heteroatoms. The Kier molecular flexibility index (Phi) is 7.21. The molecule has 4 rings (SSSR count). The molecule has 0 aromatic heterocycles. The molecule has 0 spiro atoms. The fourth-order valence-electron chi connectivity index (χ4n) is 4.03. The topological polar surface area (TPSA) is 104 Å². The number of piperazine rings is 1. The molecule has 1 aliphatic heterocycles. The lowest BCUT2D eigenvalue weighted by Gasteiger charge is -2.34. The number of nitrogens with zero attached hydrogens (tertiary/aromatic N) is 2. The largest absolute Gasteiger partial charge is 0.336 e. The number of nitrogens with one attached hydrogen (secondary N) is 1. The molecule has 1 amide bonds. The van der Waals surface area contributed by atoms with Crippen molar-refractivity contribution in [3.63, 3.8) is 0 Å². The Morgan fingerprint density at radius 2 is 1.31 bits per heavy atom. The second-order valence-corrected chi connectivity index (χ2v) is 12.5. The van der Waals surface area contributed by atoms with E-state index in [1.54, 1.807) is 60.4 Å². The smallest absolute Gasteiger partial charge is 0.262 e. The quantitative estimate of drug-likeness (QED) is 0.528. The van der Waals surface area contributed by atoms with Crippen LogP contribution in [0.25, 0.3) is 0 Å². The Hall–Kier alpha value is -3.21. The van der Waals surface area contributed by atoms with E-state index in [2.05, 4.69) is 4.72 Å². The van der Waals surface area contributed by atoms with E-state index >= 15 is 0 Å². The van der Waals surface area contributed by atoms with Crippen molar-refractivity contribution in [1.29, 1.82) is 0 Å². The van der Waals surface area contributed by atoms with Crippen LogP contribution in [0.4, 0.5) is 5.69 Å². The van der Waals surface area contributed by atoms with Gasteiger partial charge in [-0.05, 0) is 62.7 Å². The molecule has 1 aliphatic rings. The molecule has 3 aromatic rings. The molecule has 1 saturated heterocycles. The van der Waals surface area contributed by atoms with Gasteiger partial charge in [0.25, 0.3) is 15.9 Å². The van der Waals surface area contributed by atoms with Crippen molar-refractivity contribution in [2.75, 3.05) is 30.9 Å². The maximum absolute atomic E-state index is 13.2. The number of hydrogen-bond acceptors (Lipinski definition) is 5. The normalized spacial score (nSPS) is 15.0. The third-order valence-electron chi connectivity index (χ3n) is 6.21. The van der Waals surface area contributed by atoms with E-state index in [1.165, 1.54) is 10.4 Å². The zero-order valence-electron chi connectivity index (χ0n) is 20.4. The van der Waals surface area contributed by atoms with Gasteiger partial charge in [0.2, 0.25) is 10.0 Å². The van der Waals surface area contributed by atoms with Gasteiger partial charge in [-0.3, -0.25) is 9.52 Å². The number of carbonyl (C=O) groups is 1. The van der Waals surface area contributed by atoms with Gasteiger partial charge in [0.05, 0.1) is 9.79 Å². The number of aryl methyl sites for hydroxylation is 3. The average molecular weight is 528 g/mol. The number of amides is 1. The summed E-state index contributed by atoms with van der Waals surface area (Å²) < 4.78 is 56.0. The summed E-state index contributed by atoms with van der Waals surface area (Å²) in [4.78, 5) is 15.0. The predicted octanol–water partition coefficient (Wildman–Crippen LogP) is 3.56. The van der Waals surface area contributed by atoms with Gasteiger partial charge < -0.3 is 4.90 Å². The predicted molar refractivity (Wildman–Crippen MR) is 139 cm³/mol. The zero-order chi connectivity index (χ0) is 26.1. The fraction of sp³-hybridized carbons (Fsp3) is 0.269. The Labute approximate surface area is 212 Å². The second kappa shape index (κ2) is 10.0. The number of hydrogen-bond donors (Lipinski definition) is 1. The molecule has 1 fully saturated rings. The van der Waals surface area contributed by atoms with E-state index in [0.717, 1.165) is 11.1 Å². The highest BCUT2D eigenvalue weighted by Crippen LogP contribution is 2.23. The molecule has 0 unspecified atom stereocenters. The maximum Gasteiger partial charge on any atom is 0.262 e. The van der Waals surface area contributed by atoms with Gasteiger partial charge in [-0.1, -0.05) is 41.5 Å². The van der Waals surface area contributed by atoms with Crippen LogP contribution in [0.2, 0.25) is 0 Å². The maximum atomic E-state index is 13.2. The standard InChI is InChI=1S/C26H29N3O5S2/c1-19-4-10-23(11-5-19)27-35(31,32)25-18-22(9-8-21(25)3)26(30)28-14-16-29(17-15-28)36(33,34)24-12-6-20(2)7-13-24/h4-13,18,27H,14-17H2,1-3H3. The third-order valence-corrected chi connectivity index (χ3v) is 9.65. The first-order valence-electron chi connectivity index (χ1n) is 11.5. The number of carbonyl (C=O) groups excluding carboxylic acids is 1. The minimum atomic E-state index is -3.91. The van der Waals surface area contributed by atoms with Gasteiger partial charge in [-0.15, -0.1) is 0 Å². The van der Waals surface area contributed by atoms with Crippen LogP contribution in [-0.2, 0) is 20.0 Å². The van der Waals surface area contributed by atoms with Crippen LogP contribution >= 0.6 is 0 Å². The third kappa shape index (κ3) is 5.45. The van der Waals surface area contributed by atoms with E-state index < -0.39 is 20.0 Å². The lowest BCUT2D eigenvalue weighted by molar-refractivity contribution is 0.0697. The Balaban J connectivity index is 1.48.